The molecule has 0 spiro atoms. The molecule has 3 heteroatoms. The Morgan fingerprint density at radius 2 is 1.42 bits per heavy atom. The summed E-state index contributed by atoms with van der Waals surface area (Å²) in [7, 11) is 0. The van der Waals surface area contributed by atoms with Crippen molar-refractivity contribution in [1.82, 2.24) is 9.80 Å². The third kappa shape index (κ3) is 4.59. The molecule has 2 aromatic rings. The van der Waals surface area contributed by atoms with Crippen molar-refractivity contribution in [3.05, 3.63) is 66.2 Å². The van der Waals surface area contributed by atoms with Crippen molar-refractivity contribution in [2.75, 3.05) is 38.0 Å². The third-order valence-corrected chi connectivity index (χ3v) is 4.98. The Kier molecular flexibility index (Phi) is 5.54. The molecule has 0 unspecified atom stereocenters. The molecule has 3 rings (SSSR count). The van der Waals surface area contributed by atoms with E-state index < -0.39 is 0 Å². The molecule has 0 aromatic heterocycles. The van der Waals surface area contributed by atoms with E-state index in [1.54, 1.807) is 0 Å². The molecule has 1 heterocycles. The van der Waals surface area contributed by atoms with Gasteiger partial charge in [-0.15, -0.1) is 0 Å². The van der Waals surface area contributed by atoms with Crippen molar-refractivity contribution in [2.45, 2.75) is 25.9 Å². The van der Waals surface area contributed by atoms with Gasteiger partial charge < -0.3 is 5.32 Å². The highest BCUT2D eigenvalue weighted by Gasteiger charge is 2.29. The number of hydrogen-bond donors (Lipinski definition) is 1. The van der Waals surface area contributed by atoms with E-state index in [0.717, 1.165) is 39.3 Å². The zero-order chi connectivity index (χ0) is 16.8. The molecule has 0 aliphatic carbocycles. The number of nitrogens with zero attached hydrogens (tertiary/aromatic N) is 2. The Bertz CT molecular complexity index is 601. The Morgan fingerprint density at radius 1 is 0.833 bits per heavy atom. The molecule has 0 saturated carbocycles. The van der Waals surface area contributed by atoms with Crippen LogP contribution < -0.4 is 5.32 Å². The lowest BCUT2D eigenvalue weighted by molar-refractivity contribution is 0.0559. The molecule has 0 atom stereocenters. The first-order valence-electron chi connectivity index (χ1n) is 8.94. The number of benzene rings is 2. The minimum absolute atomic E-state index is 0.161. The zero-order valence-electron chi connectivity index (χ0n) is 14.9. The molecular weight excluding hydrogens is 294 g/mol. The van der Waals surface area contributed by atoms with Gasteiger partial charge in [0.25, 0.3) is 0 Å². The van der Waals surface area contributed by atoms with E-state index in [4.69, 9.17) is 0 Å². The van der Waals surface area contributed by atoms with Crippen LogP contribution in [0.2, 0.25) is 0 Å². The molecule has 0 amide bonds. The standard InChI is InChI=1S/C21H29N3/c1-21(2,18-22-20-11-7-4-8-12-20)24-15-13-23(14-16-24)17-19-9-5-3-6-10-19/h3-12,22H,13-18H2,1-2H3. The fourth-order valence-electron chi connectivity index (χ4n) is 3.34. The lowest BCUT2D eigenvalue weighted by Crippen LogP contribution is -2.56. The molecule has 0 bridgehead atoms. The van der Waals surface area contributed by atoms with Crippen LogP contribution in [-0.4, -0.2) is 48.1 Å². The van der Waals surface area contributed by atoms with Crippen LogP contribution in [0, 0.1) is 0 Å². The average molecular weight is 323 g/mol. The maximum absolute atomic E-state index is 3.58. The van der Waals surface area contributed by atoms with Crippen LogP contribution in [0.1, 0.15) is 19.4 Å². The zero-order valence-corrected chi connectivity index (χ0v) is 14.9. The number of piperazine rings is 1. The lowest BCUT2D eigenvalue weighted by Gasteiger charge is -2.44. The van der Waals surface area contributed by atoms with Crippen LogP contribution in [0.5, 0.6) is 0 Å². The minimum Gasteiger partial charge on any atom is -0.383 e. The highest BCUT2D eigenvalue weighted by atomic mass is 15.3. The average Bonchev–Trinajstić information content (AvgIpc) is 2.62. The topological polar surface area (TPSA) is 18.5 Å². The lowest BCUT2D eigenvalue weighted by atomic mass is 10.0. The van der Waals surface area contributed by atoms with Crippen molar-refractivity contribution < 1.29 is 0 Å². The van der Waals surface area contributed by atoms with E-state index in [9.17, 15) is 0 Å². The van der Waals surface area contributed by atoms with E-state index in [0.29, 0.717) is 0 Å². The number of nitrogens with one attached hydrogen (secondary N) is 1. The Hall–Kier alpha value is -1.84. The van der Waals surface area contributed by atoms with Gasteiger partial charge in [0.1, 0.15) is 0 Å². The van der Waals surface area contributed by atoms with Gasteiger partial charge in [-0.25, -0.2) is 0 Å². The maximum Gasteiger partial charge on any atom is 0.0340 e. The van der Waals surface area contributed by atoms with Gasteiger partial charge in [-0.3, -0.25) is 9.80 Å². The second-order valence-corrected chi connectivity index (χ2v) is 7.28. The van der Waals surface area contributed by atoms with Gasteiger partial charge in [0, 0.05) is 50.5 Å². The summed E-state index contributed by atoms with van der Waals surface area (Å²) in [6.07, 6.45) is 0. The summed E-state index contributed by atoms with van der Waals surface area (Å²) < 4.78 is 0. The predicted molar refractivity (Wildman–Crippen MR) is 102 cm³/mol. The van der Waals surface area contributed by atoms with Crippen LogP contribution in [-0.2, 0) is 6.54 Å². The fourth-order valence-corrected chi connectivity index (χ4v) is 3.34. The smallest absolute Gasteiger partial charge is 0.0340 e. The summed E-state index contributed by atoms with van der Waals surface area (Å²) in [5, 5.41) is 3.58. The number of anilines is 1. The highest BCUT2D eigenvalue weighted by Crippen LogP contribution is 2.19. The van der Waals surface area contributed by atoms with Crippen LogP contribution >= 0.6 is 0 Å². The van der Waals surface area contributed by atoms with Crippen LogP contribution in [0.4, 0.5) is 5.69 Å². The molecule has 24 heavy (non-hydrogen) atoms. The first-order valence-corrected chi connectivity index (χ1v) is 8.94. The van der Waals surface area contributed by atoms with E-state index in [1.807, 2.05) is 0 Å². The highest BCUT2D eigenvalue weighted by molar-refractivity contribution is 5.42. The summed E-state index contributed by atoms with van der Waals surface area (Å²) in [5.74, 6) is 0. The molecular formula is C21H29N3. The molecule has 1 aliphatic heterocycles. The summed E-state index contributed by atoms with van der Waals surface area (Å²) in [6.45, 7) is 11.3. The minimum atomic E-state index is 0.161. The molecule has 1 fully saturated rings. The van der Waals surface area contributed by atoms with Gasteiger partial charge in [0.2, 0.25) is 0 Å². The second-order valence-electron chi connectivity index (χ2n) is 7.28. The van der Waals surface area contributed by atoms with Crippen LogP contribution in [0.25, 0.3) is 0 Å². The predicted octanol–water partition coefficient (Wildman–Crippen LogP) is 3.69. The molecule has 1 aliphatic rings. The monoisotopic (exact) mass is 323 g/mol. The summed E-state index contributed by atoms with van der Waals surface area (Å²) in [4.78, 5) is 5.18. The van der Waals surface area contributed by atoms with Gasteiger partial charge in [-0.1, -0.05) is 48.5 Å². The van der Waals surface area contributed by atoms with Crippen molar-refractivity contribution in [2.24, 2.45) is 0 Å². The molecule has 2 aromatic carbocycles. The quantitative estimate of drug-likeness (QED) is 0.874. The Morgan fingerprint density at radius 3 is 2.04 bits per heavy atom. The number of para-hydroxylation sites is 1. The van der Waals surface area contributed by atoms with E-state index in [1.165, 1.54) is 11.3 Å². The van der Waals surface area contributed by atoms with Gasteiger partial charge in [-0.2, -0.15) is 0 Å². The SMILES string of the molecule is CC(C)(CNc1ccccc1)N1CCN(Cc2ccccc2)CC1. The first-order chi connectivity index (χ1) is 11.6. The number of rotatable bonds is 6. The van der Waals surface area contributed by atoms with Crippen molar-refractivity contribution in [1.29, 1.82) is 0 Å². The summed E-state index contributed by atoms with van der Waals surface area (Å²) >= 11 is 0. The molecule has 1 saturated heterocycles. The largest absolute Gasteiger partial charge is 0.383 e. The van der Waals surface area contributed by atoms with Crippen molar-refractivity contribution in [3.8, 4) is 0 Å². The maximum atomic E-state index is 3.58. The van der Waals surface area contributed by atoms with Gasteiger partial charge in [-0.05, 0) is 31.5 Å². The fraction of sp³-hybridized carbons (Fsp3) is 0.429. The summed E-state index contributed by atoms with van der Waals surface area (Å²) in [6, 6.07) is 21.3. The molecule has 3 nitrogen and oxygen atoms in total. The van der Waals surface area contributed by atoms with Crippen LogP contribution in [0.3, 0.4) is 0 Å². The van der Waals surface area contributed by atoms with Gasteiger partial charge in [0.05, 0.1) is 0 Å². The van der Waals surface area contributed by atoms with E-state index in [2.05, 4.69) is 89.6 Å². The Labute approximate surface area is 146 Å². The van der Waals surface area contributed by atoms with Gasteiger partial charge >= 0.3 is 0 Å². The third-order valence-electron chi connectivity index (χ3n) is 4.98. The van der Waals surface area contributed by atoms with E-state index in [-0.39, 0.29) is 5.54 Å². The van der Waals surface area contributed by atoms with Crippen molar-refractivity contribution >= 4 is 5.69 Å². The molecule has 1 N–H and O–H groups in total. The first kappa shape index (κ1) is 17.0. The van der Waals surface area contributed by atoms with Gasteiger partial charge in [0.15, 0.2) is 0 Å². The summed E-state index contributed by atoms with van der Waals surface area (Å²) in [5.41, 5.74) is 2.78. The van der Waals surface area contributed by atoms with Crippen molar-refractivity contribution in [3.63, 3.8) is 0 Å². The molecule has 0 radical (unpaired) electrons. The second kappa shape index (κ2) is 7.82. The number of hydrogen-bond acceptors (Lipinski definition) is 3. The van der Waals surface area contributed by atoms with E-state index >= 15 is 0 Å². The normalized spacial score (nSPS) is 16.9. The molecule has 128 valence electrons. The Balaban J connectivity index is 1.48. The van der Waals surface area contributed by atoms with Crippen LogP contribution in [0.15, 0.2) is 60.7 Å².